The summed E-state index contributed by atoms with van der Waals surface area (Å²) in [5, 5.41) is 2.17. The lowest BCUT2D eigenvalue weighted by Gasteiger charge is -2.15. The van der Waals surface area contributed by atoms with Crippen molar-refractivity contribution in [3.8, 4) is 0 Å². The van der Waals surface area contributed by atoms with Crippen molar-refractivity contribution in [3.63, 3.8) is 0 Å². The number of benzene rings is 2. The number of alkyl halides is 1. The molecule has 0 fully saturated rings. The van der Waals surface area contributed by atoms with Crippen LogP contribution in [0.2, 0.25) is 0 Å². The molecule has 2 nitrogen and oxygen atoms in total. The molecule has 0 aromatic heterocycles. The molecule has 0 unspecified atom stereocenters. The van der Waals surface area contributed by atoms with E-state index in [1.165, 1.54) is 0 Å². The van der Waals surface area contributed by atoms with Crippen molar-refractivity contribution in [1.29, 1.82) is 0 Å². The molecule has 1 heterocycles. The predicted octanol–water partition coefficient (Wildman–Crippen LogP) is 3.04. The number of hydrogen-bond donors (Lipinski definition) is 0. The summed E-state index contributed by atoms with van der Waals surface area (Å²) in [4.78, 5) is 13.9. The van der Waals surface area contributed by atoms with Gasteiger partial charge in [0.1, 0.15) is 0 Å². The van der Waals surface area contributed by atoms with Gasteiger partial charge in [-0.05, 0) is 17.5 Å². The van der Waals surface area contributed by atoms with Crippen LogP contribution in [0.15, 0.2) is 36.4 Å². The van der Waals surface area contributed by atoms with E-state index in [1.54, 1.807) is 4.90 Å². The Balaban J connectivity index is 2.31. The molecule has 2 aromatic rings. The molecule has 3 rings (SSSR count). The van der Waals surface area contributed by atoms with E-state index in [2.05, 4.69) is 0 Å². The Morgan fingerprint density at radius 1 is 1.12 bits per heavy atom. The molecular weight excluding hydrogens is 222 g/mol. The van der Waals surface area contributed by atoms with E-state index in [1.807, 2.05) is 36.4 Å². The highest BCUT2D eigenvalue weighted by Gasteiger charge is 2.28. The number of carbonyl (C=O) groups excluding carboxylic acids is 1. The van der Waals surface area contributed by atoms with Gasteiger partial charge in [-0.25, -0.2) is 0 Å². The number of hydrogen-bond acceptors (Lipinski definition) is 1. The van der Waals surface area contributed by atoms with Gasteiger partial charge in [0.25, 0.3) is 5.91 Å². The van der Waals surface area contributed by atoms with Gasteiger partial charge >= 0.3 is 0 Å². The summed E-state index contributed by atoms with van der Waals surface area (Å²) < 4.78 is 0. The molecule has 0 radical (unpaired) electrons. The first kappa shape index (κ1) is 9.67. The second-order valence-corrected chi connectivity index (χ2v) is 4.20. The fraction of sp³-hybridized carbons (Fsp3) is 0.154. The van der Waals surface area contributed by atoms with Crippen molar-refractivity contribution in [2.45, 2.75) is 0 Å². The molecule has 0 aliphatic carbocycles. The first-order valence-electron chi connectivity index (χ1n) is 5.22. The standard InChI is InChI=1S/C13H10ClNO/c14-7-8-15-11-6-2-4-9-3-1-5-10(12(9)11)13(15)16/h1-6H,7-8H2. The average Bonchev–Trinajstić information content (AvgIpc) is 2.58. The Bertz CT molecular complexity index is 574. The van der Waals surface area contributed by atoms with Crippen molar-refractivity contribution < 1.29 is 4.79 Å². The molecule has 1 amide bonds. The normalized spacial score (nSPS) is 13.8. The van der Waals surface area contributed by atoms with E-state index in [0.29, 0.717) is 12.4 Å². The zero-order chi connectivity index (χ0) is 11.1. The Hall–Kier alpha value is -1.54. The second kappa shape index (κ2) is 3.49. The van der Waals surface area contributed by atoms with E-state index in [4.69, 9.17) is 11.6 Å². The number of halogens is 1. The minimum atomic E-state index is 0.0625. The minimum Gasteiger partial charge on any atom is -0.306 e. The molecule has 0 N–H and O–H groups in total. The highest BCUT2D eigenvalue weighted by molar-refractivity contribution is 6.26. The fourth-order valence-corrected chi connectivity index (χ4v) is 2.45. The van der Waals surface area contributed by atoms with Crippen LogP contribution in [0.25, 0.3) is 10.8 Å². The van der Waals surface area contributed by atoms with Crippen LogP contribution in [0.5, 0.6) is 0 Å². The SMILES string of the molecule is O=C1c2cccc3cccc(c23)N1CCCl. The molecule has 0 atom stereocenters. The van der Waals surface area contributed by atoms with Crippen LogP contribution in [0.3, 0.4) is 0 Å². The number of anilines is 1. The van der Waals surface area contributed by atoms with Crippen LogP contribution in [-0.4, -0.2) is 18.3 Å². The zero-order valence-electron chi connectivity index (χ0n) is 8.61. The monoisotopic (exact) mass is 231 g/mol. The van der Waals surface area contributed by atoms with Crippen LogP contribution in [0.1, 0.15) is 10.4 Å². The third-order valence-electron chi connectivity index (χ3n) is 2.96. The average molecular weight is 232 g/mol. The lowest BCUT2D eigenvalue weighted by Crippen LogP contribution is -2.28. The Kier molecular flexibility index (Phi) is 2.11. The van der Waals surface area contributed by atoms with Gasteiger partial charge in [0, 0.05) is 23.4 Å². The molecular formula is C13H10ClNO. The molecule has 1 aliphatic heterocycles. The maximum absolute atomic E-state index is 12.1. The van der Waals surface area contributed by atoms with Crippen molar-refractivity contribution >= 4 is 34.0 Å². The Morgan fingerprint density at radius 3 is 2.62 bits per heavy atom. The van der Waals surface area contributed by atoms with Gasteiger partial charge in [0.05, 0.1) is 5.69 Å². The highest BCUT2D eigenvalue weighted by atomic mass is 35.5. The molecule has 0 spiro atoms. The van der Waals surface area contributed by atoms with Crippen molar-refractivity contribution in [2.75, 3.05) is 17.3 Å². The maximum atomic E-state index is 12.1. The van der Waals surface area contributed by atoms with Gasteiger partial charge in [0.15, 0.2) is 0 Å². The first-order chi connectivity index (χ1) is 7.83. The molecule has 0 saturated carbocycles. The van der Waals surface area contributed by atoms with E-state index < -0.39 is 0 Å². The van der Waals surface area contributed by atoms with Gasteiger partial charge in [-0.1, -0.05) is 24.3 Å². The van der Waals surface area contributed by atoms with E-state index in [0.717, 1.165) is 22.0 Å². The van der Waals surface area contributed by atoms with E-state index in [-0.39, 0.29) is 5.91 Å². The highest BCUT2D eigenvalue weighted by Crippen LogP contribution is 2.36. The van der Waals surface area contributed by atoms with E-state index in [9.17, 15) is 4.79 Å². The third-order valence-corrected chi connectivity index (χ3v) is 3.13. The van der Waals surface area contributed by atoms with Gasteiger partial charge in [0.2, 0.25) is 0 Å². The summed E-state index contributed by atoms with van der Waals surface area (Å²) in [5.41, 5.74) is 1.77. The molecule has 80 valence electrons. The van der Waals surface area contributed by atoms with Crippen LogP contribution >= 0.6 is 11.6 Å². The van der Waals surface area contributed by atoms with Crippen molar-refractivity contribution in [1.82, 2.24) is 0 Å². The summed E-state index contributed by atoms with van der Waals surface area (Å²) in [6, 6.07) is 11.8. The van der Waals surface area contributed by atoms with Gasteiger partial charge in [-0.2, -0.15) is 0 Å². The number of amides is 1. The van der Waals surface area contributed by atoms with Crippen LogP contribution in [0, 0.1) is 0 Å². The van der Waals surface area contributed by atoms with Gasteiger partial charge < -0.3 is 4.90 Å². The zero-order valence-corrected chi connectivity index (χ0v) is 9.37. The summed E-state index contributed by atoms with van der Waals surface area (Å²) >= 11 is 5.73. The molecule has 0 bridgehead atoms. The Morgan fingerprint density at radius 2 is 1.88 bits per heavy atom. The van der Waals surface area contributed by atoms with Crippen molar-refractivity contribution in [2.24, 2.45) is 0 Å². The van der Waals surface area contributed by atoms with Crippen molar-refractivity contribution in [3.05, 3.63) is 42.0 Å². The Labute approximate surface area is 98.4 Å². The topological polar surface area (TPSA) is 20.3 Å². The van der Waals surface area contributed by atoms with Gasteiger partial charge in [-0.15, -0.1) is 11.6 Å². The maximum Gasteiger partial charge on any atom is 0.259 e. The molecule has 3 heteroatoms. The summed E-state index contributed by atoms with van der Waals surface area (Å²) in [7, 11) is 0. The molecule has 16 heavy (non-hydrogen) atoms. The molecule has 1 aliphatic rings. The summed E-state index contributed by atoms with van der Waals surface area (Å²) in [5.74, 6) is 0.517. The second-order valence-electron chi connectivity index (χ2n) is 3.83. The quantitative estimate of drug-likeness (QED) is 0.728. The lowest BCUT2D eigenvalue weighted by atomic mass is 10.1. The number of carbonyl (C=O) groups is 1. The minimum absolute atomic E-state index is 0.0625. The lowest BCUT2D eigenvalue weighted by molar-refractivity contribution is 0.0994. The van der Waals surface area contributed by atoms with Crippen LogP contribution in [0.4, 0.5) is 5.69 Å². The van der Waals surface area contributed by atoms with E-state index >= 15 is 0 Å². The summed E-state index contributed by atoms with van der Waals surface area (Å²) in [6.07, 6.45) is 0. The van der Waals surface area contributed by atoms with Crippen LogP contribution < -0.4 is 4.90 Å². The largest absolute Gasteiger partial charge is 0.306 e. The first-order valence-corrected chi connectivity index (χ1v) is 5.76. The summed E-state index contributed by atoms with van der Waals surface area (Å²) in [6.45, 7) is 0.564. The number of nitrogens with zero attached hydrogens (tertiary/aromatic N) is 1. The smallest absolute Gasteiger partial charge is 0.259 e. The number of rotatable bonds is 2. The van der Waals surface area contributed by atoms with Crippen LogP contribution in [-0.2, 0) is 0 Å². The van der Waals surface area contributed by atoms with Gasteiger partial charge in [-0.3, -0.25) is 4.79 Å². The third kappa shape index (κ3) is 1.17. The predicted molar refractivity (Wildman–Crippen MR) is 66.3 cm³/mol. The fourth-order valence-electron chi connectivity index (χ4n) is 2.29. The molecule has 2 aromatic carbocycles. The molecule has 0 saturated heterocycles.